The van der Waals surface area contributed by atoms with Crippen LogP contribution in [-0.2, 0) is 19.9 Å². The molecule has 0 amide bonds. The van der Waals surface area contributed by atoms with Gasteiger partial charge in [0.2, 0.25) is 10.6 Å². The van der Waals surface area contributed by atoms with Crippen LogP contribution >= 0.6 is 12.2 Å². The molecule has 10 heteroatoms. The molecule has 0 radical (unpaired) electrons. The van der Waals surface area contributed by atoms with Crippen molar-refractivity contribution in [1.82, 2.24) is 14.3 Å². The van der Waals surface area contributed by atoms with Gasteiger partial charge in [-0.05, 0) is 12.2 Å². The van der Waals surface area contributed by atoms with Crippen LogP contribution in [0.3, 0.4) is 0 Å². The molecule has 1 aliphatic rings. The number of aromatic nitrogens is 4. The second-order valence-corrected chi connectivity index (χ2v) is 6.18. The Morgan fingerprint density at radius 1 is 1.25 bits per heavy atom. The minimum absolute atomic E-state index is 0.0934. The molecule has 2 aromatic rings. The van der Waals surface area contributed by atoms with Gasteiger partial charge in [-0.15, -0.1) is 5.10 Å². The van der Waals surface area contributed by atoms with Crippen molar-refractivity contribution in [2.45, 2.75) is 12.8 Å². The third kappa shape index (κ3) is 3.44. The molecule has 3 rings (SSSR count). The summed E-state index contributed by atoms with van der Waals surface area (Å²) >= 11 is 5.09. The number of alkyl halides is 3. The minimum atomic E-state index is -4.49. The highest BCUT2D eigenvalue weighted by molar-refractivity contribution is 7.71. The van der Waals surface area contributed by atoms with Crippen LogP contribution in [0.15, 0.2) is 24.5 Å². The first-order chi connectivity index (χ1) is 11.4. The van der Waals surface area contributed by atoms with Crippen LogP contribution < -0.4 is 14.8 Å². The fraction of sp³-hybridized carbons (Fsp3) is 0.500. The third-order valence-corrected chi connectivity index (χ3v) is 4.69. The molecule has 0 spiro atoms. The summed E-state index contributed by atoms with van der Waals surface area (Å²) in [5.74, 6) is -0.953. The molecule has 0 aliphatic carbocycles. The molecular weight excluding hydrogens is 341 g/mol. The summed E-state index contributed by atoms with van der Waals surface area (Å²) in [7, 11) is 1.30. The SMILES string of the molecule is Cn1c(C(F)(F)F)nn(C[NH+]2CCN(c3cc[nH+]cc3)CC2)c1=S. The van der Waals surface area contributed by atoms with Gasteiger partial charge in [-0.2, -0.15) is 17.9 Å². The maximum absolute atomic E-state index is 12.9. The molecular formula is C14H19F3N6S+2. The van der Waals surface area contributed by atoms with E-state index in [0.29, 0.717) is 6.67 Å². The number of aromatic amines is 1. The highest BCUT2D eigenvalue weighted by Gasteiger charge is 2.37. The van der Waals surface area contributed by atoms with E-state index in [4.69, 9.17) is 12.2 Å². The second-order valence-electron chi connectivity index (χ2n) is 5.82. The lowest BCUT2D eigenvalue weighted by atomic mass is 10.3. The number of anilines is 1. The van der Waals surface area contributed by atoms with Crippen molar-refractivity contribution >= 4 is 17.9 Å². The van der Waals surface area contributed by atoms with Gasteiger partial charge in [-0.25, -0.2) is 4.98 Å². The Hall–Kier alpha value is -1.94. The van der Waals surface area contributed by atoms with Crippen LogP contribution in [-0.4, -0.2) is 40.5 Å². The van der Waals surface area contributed by atoms with E-state index in [1.165, 1.54) is 11.7 Å². The lowest BCUT2D eigenvalue weighted by molar-refractivity contribution is -0.924. The Morgan fingerprint density at radius 3 is 2.42 bits per heavy atom. The Bertz CT molecular complexity index is 746. The molecule has 2 N–H and O–H groups in total. The maximum Gasteiger partial charge on any atom is 0.451 e. The first-order valence-electron chi connectivity index (χ1n) is 7.62. The highest BCUT2D eigenvalue weighted by atomic mass is 32.1. The fourth-order valence-corrected chi connectivity index (χ4v) is 3.07. The molecule has 1 aliphatic heterocycles. The van der Waals surface area contributed by atoms with Crippen molar-refractivity contribution in [1.29, 1.82) is 0 Å². The average molecular weight is 360 g/mol. The summed E-state index contributed by atoms with van der Waals surface area (Å²) in [6.07, 6.45) is -0.743. The van der Waals surface area contributed by atoms with Gasteiger partial charge in [0.05, 0.1) is 26.2 Å². The summed E-state index contributed by atoms with van der Waals surface area (Å²) in [4.78, 5) is 6.41. The Morgan fingerprint density at radius 2 is 1.88 bits per heavy atom. The first-order valence-corrected chi connectivity index (χ1v) is 8.03. The molecule has 3 heterocycles. The van der Waals surface area contributed by atoms with Crippen molar-refractivity contribution in [2.24, 2.45) is 7.05 Å². The van der Waals surface area contributed by atoms with Crippen LogP contribution in [0.25, 0.3) is 0 Å². The van der Waals surface area contributed by atoms with Gasteiger partial charge >= 0.3 is 6.18 Å². The van der Waals surface area contributed by atoms with Gasteiger partial charge in [-0.1, -0.05) is 0 Å². The molecule has 0 unspecified atom stereocenters. The zero-order valence-electron chi connectivity index (χ0n) is 13.2. The normalized spacial score (nSPS) is 16.6. The third-order valence-electron chi connectivity index (χ3n) is 4.20. The molecule has 0 atom stereocenters. The van der Waals surface area contributed by atoms with Gasteiger partial charge < -0.3 is 9.80 Å². The second kappa shape index (κ2) is 6.52. The number of rotatable bonds is 3. The molecule has 130 valence electrons. The van der Waals surface area contributed by atoms with Crippen molar-refractivity contribution < 1.29 is 23.1 Å². The van der Waals surface area contributed by atoms with E-state index in [2.05, 4.69) is 15.0 Å². The maximum atomic E-state index is 12.9. The predicted molar refractivity (Wildman–Crippen MR) is 82.9 cm³/mol. The minimum Gasteiger partial charge on any atom is -0.360 e. The number of hydrogen-bond donors (Lipinski definition) is 1. The number of nitrogens with one attached hydrogen (secondary N) is 2. The largest absolute Gasteiger partial charge is 0.451 e. The van der Waals surface area contributed by atoms with Crippen molar-refractivity contribution in [3.05, 3.63) is 35.1 Å². The van der Waals surface area contributed by atoms with Crippen LogP contribution in [0.2, 0.25) is 0 Å². The van der Waals surface area contributed by atoms with Crippen LogP contribution in [0.1, 0.15) is 5.82 Å². The number of H-pyrrole nitrogens is 1. The number of nitrogens with zero attached hydrogens (tertiary/aromatic N) is 4. The summed E-state index contributed by atoms with van der Waals surface area (Å²) in [5, 5.41) is 3.66. The van der Waals surface area contributed by atoms with Crippen molar-refractivity contribution in [3.8, 4) is 0 Å². The quantitative estimate of drug-likeness (QED) is 0.793. The van der Waals surface area contributed by atoms with Gasteiger partial charge in [-0.3, -0.25) is 4.57 Å². The summed E-state index contributed by atoms with van der Waals surface area (Å²) in [6, 6.07) is 4.02. The zero-order chi connectivity index (χ0) is 17.3. The Labute approximate surface area is 142 Å². The average Bonchev–Trinajstić information content (AvgIpc) is 2.85. The molecule has 6 nitrogen and oxygen atoms in total. The highest BCUT2D eigenvalue weighted by Crippen LogP contribution is 2.27. The molecule has 1 saturated heterocycles. The lowest BCUT2D eigenvalue weighted by Gasteiger charge is -2.33. The molecule has 24 heavy (non-hydrogen) atoms. The number of pyridine rings is 1. The van der Waals surface area contributed by atoms with E-state index in [1.54, 1.807) is 0 Å². The van der Waals surface area contributed by atoms with Crippen LogP contribution in [0.4, 0.5) is 18.9 Å². The molecule has 1 fully saturated rings. The van der Waals surface area contributed by atoms with Crippen LogP contribution in [0, 0.1) is 4.77 Å². The smallest absolute Gasteiger partial charge is 0.360 e. The Kier molecular flexibility index (Phi) is 4.59. The molecule has 0 aromatic carbocycles. The van der Waals surface area contributed by atoms with Gasteiger partial charge in [0.25, 0.3) is 0 Å². The summed E-state index contributed by atoms with van der Waals surface area (Å²) in [6.45, 7) is 3.66. The topological polar surface area (TPSA) is 44.6 Å². The van der Waals surface area contributed by atoms with E-state index < -0.39 is 12.0 Å². The number of quaternary nitrogens is 1. The standard InChI is InChI=1S/C14H17F3N6S/c1-20-12(14(15,16)17)19-23(13(20)24)10-21-6-8-22(9-7-21)11-2-4-18-5-3-11/h2-5H,6-10H2,1H3/p+2. The summed E-state index contributed by atoms with van der Waals surface area (Å²) in [5.41, 5.74) is 1.14. The summed E-state index contributed by atoms with van der Waals surface area (Å²) < 4.78 is 41.0. The fourth-order valence-electron chi connectivity index (χ4n) is 2.88. The van der Waals surface area contributed by atoms with Crippen molar-refractivity contribution in [3.63, 3.8) is 0 Å². The predicted octanol–water partition coefficient (Wildman–Crippen LogP) is 0.147. The molecule has 2 aromatic heterocycles. The van der Waals surface area contributed by atoms with E-state index >= 15 is 0 Å². The Balaban J connectivity index is 1.66. The van der Waals surface area contributed by atoms with E-state index in [1.807, 2.05) is 24.5 Å². The van der Waals surface area contributed by atoms with Gasteiger partial charge in [0, 0.05) is 24.9 Å². The van der Waals surface area contributed by atoms with Gasteiger partial charge in [0.15, 0.2) is 19.1 Å². The number of halogens is 3. The lowest BCUT2D eigenvalue weighted by Crippen LogP contribution is -3.14. The zero-order valence-corrected chi connectivity index (χ0v) is 14.0. The first kappa shape index (κ1) is 16.9. The molecule has 0 saturated carbocycles. The van der Waals surface area contributed by atoms with Crippen molar-refractivity contribution in [2.75, 3.05) is 31.1 Å². The van der Waals surface area contributed by atoms with E-state index in [0.717, 1.165) is 41.3 Å². The molecule has 0 bridgehead atoms. The number of hydrogen-bond acceptors (Lipinski definition) is 3. The van der Waals surface area contributed by atoms with E-state index in [9.17, 15) is 13.2 Å². The van der Waals surface area contributed by atoms with Gasteiger partial charge in [0.1, 0.15) is 0 Å². The number of piperazine rings is 1. The monoisotopic (exact) mass is 360 g/mol. The van der Waals surface area contributed by atoms with Crippen LogP contribution in [0.5, 0.6) is 0 Å². The van der Waals surface area contributed by atoms with E-state index in [-0.39, 0.29) is 4.77 Å².